The predicted octanol–water partition coefficient (Wildman–Crippen LogP) is 14.1. The summed E-state index contributed by atoms with van der Waals surface area (Å²) in [5.74, 6) is 1.93. The van der Waals surface area contributed by atoms with E-state index in [1.165, 1.54) is 10.8 Å². The summed E-state index contributed by atoms with van der Waals surface area (Å²) in [6, 6.07) is 70.3. The number of aromatic nitrogens is 5. The summed E-state index contributed by atoms with van der Waals surface area (Å²) < 4.78 is 11.5. The fraction of sp³-hybridized carbons (Fsp3) is 0. The fourth-order valence-electron chi connectivity index (χ4n) is 9.39. The van der Waals surface area contributed by atoms with Gasteiger partial charge in [-0.15, -0.1) is 0 Å². The molecule has 4 aromatic heterocycles. The van der Waals surface area contributed by atoms with Gasteiger partial charge in [0.2, 0.25) is 0 Å². The van der Waals surface area contributed by atoms with Crippen molar-refractivity contribution in [3.63, 3.8) is 0 Å². The van der Waals surface area contributed by atoms with Gasteiger partial charge in [0.05, 0.1) is 27.5 Å². The molecule has 0 aliphatic heterocycles. The predicted molar refractivity (Wildman–Crippen MR) is 250 cm³/mol. The zero-order valence-corrected chi connectivity index (χ0v) is 32.7. The number of hydrogen-bond donors (Lipinski definition) is 0. The van der Waals surface area contributed by atoms with Crippen LogP contribution in [0.25, 0.3) is 122 Å². The van der Waals surface area contributed by atoms with Crippen LogP contribution in [0.5, 0.6) is 0 Å². The van der Waals surface area contributed by atoms with E-state index in [0.717, 1.165) is 93.6 Å². The number of rotatable bonds is 5. The molecule has 0 amide bonds. The molecule has 0 radical (unpaired) electrons. The minimum atomic E-state index is 0.638. The van der Waals surface area contributed by atoms with Crippen LogP contribution in [0.4, 0.5) is 0 Å². The van der Waals surface area contributed by atoms with Crippen LogP contribution in [0.15, 0.2) is 205 Å². The van der Waals surface area contributed by atoms with Crippen molar-refractivity contribution in [1.29, 1.82) is 0 Å². The molecule has 0 fully saturated rings. The quantitative estimate of drug-likeness (QED) is 0.175. The lowest BCUT2D eigenvalue weighted by Crippen LogP contribution is -2.00. The van der Waals surface area contributed by atoms with Crippen LogP contribution in [0.2, 0.25) is 0 Å². The molecule has 9 aromatic carbocycles. The number of para-hydroxylation sites is 3. The SMILES string of the molecule is c1ccc(-c2nc(-c3ccccc3)nc(-c3ccc4cc(-n5c6ccccc6c6c5ccc5c7c8oc9ccccc9c8ccc7n(-c7ccccc7)c56)ccc4c3)n2)cc1. The van der Waals surface area contributed by atoms with Crippen molar-refractivity contribution in [3.8, 4) is 45.5 Å². The lowest BCUT2D eigenvalue weighted by molar-refractivity contribution is 0.673. The van der Waals surface area contributed by atoms with Gasteiger partial charge in [0.1, 0.15) is 11.2 Å². The maximum atomic E-state index is 6.70. The van der Waals surface area contributed by atoms with Crippen LogP contribution in [0.1, 0.15) is 0 Å². The fourth-order valence-corrected chi connectivity index (χ4v) is 9.39. The van der Waals surface area contributed by atoms with Crippen LogP contribution < -0.4 is 0 Å². The highest BCUT2D eigenvalue weighted by atomic mass is 16.3. The second-order valence-electron chi connectivity index (χ2n) is 15.6. The molecule has 61 heavy (non-hydrogen) atoms. The summed E-state index contributed by atoms with van der Waals surface area (Å²) in [4.78, 5) is 14.9. The van der Waals surface area contributed by atoms with Crippen LogP contribution in [0.3, 0.4) is 0 Å². The molecule has 0 aliphatic rings. The Balaban J connectivity index is 1.02. The third kappa shape index (κ3) is 5.12. The summed E-state index contributed by atoms with van der Waals surface area (Å²) in [5.41, 5.74) is 11.4. The molecule has 0 saturated heterocycles. The summed E-state index contributed by atoms with van der Waals surface area (Å²) in [6.45, 7) is 0. The molecule has 6 heteroatoms. The molecule has 284 valence electrons. The first kappa shape index (κ1) is 33.6. The summed E-state index contributed by atoms with van der Waals surface area (Å²) in [7, 11) is 0. The molecule has 13 rings (SSSR count). The third-order valence-corrected chi connectivity index (χ3v) is 12.1. The van der Waals surface area contributed by atoms with Gasteiger partial charge in [-0.3, -0.25) is 0 Å². The molecule has 6 nitrogen and oxygen atoms in total. The zero-order valence-electron chi connectivity index (χ0n) is 32.7. The summed E-state index contributed by atoms with van der Waals surface area (Å²) in [6.07, 6.45) is 0. The van der Waals surface area contributed by atoms with Crippen molar-refractivity contribution >= 4 is 76.3 Å². The second-order valence-corrected chi connectivity index (χ2v) is 15.6. The Kier molecular flexibility index (Phi) is 7.21. The third-order valence-electron chi connectivity index (χ3n) is 12.1. The molecule has 0 N–H and O–H groups in total. The van der Waals surface area contributed by atoms with E-state index in [1.807, 2.05) is 66.7 Å². The van der Waals surface area contributed by atoms with Gasteiger partial charge in [-0.05, 0) is 77.5 Å². The van der Waals surface area contributed by atoms with E-state index in [0.29, 0.717) is 17.5 Å². The smallest absolute Gasteiger partial charge is 0.164 e. The molecule has 0 bridgehead atoms. The lowest BCUT2D eigenvalue weighted by Gasteiger charge is -2.12. The minimum absolute atomic E-state index is 0.638. The number of nitrogens with zero attached hydrogens (tertiary/aromatic N) is 5. The van der Waals surface area contributed by atoms with Gasteiger partial charge in [0.25, 0.3) is 0 Å². The number of hydrogen-bond acceptors (Lipinski definition) is 4. The standard InChI is InChI=1S/C55H33N5O/c1-4-14-34(15-5-1)53-56-54(35-16-6-2-7-17-35)58-55(57-53)38-25-24-37-33-40(27-26-36(37)32-38)59-45-22-12-10-21-43(45)49-46(59)31-29-44-50-47(60(51(44)49)39-18-8-3-9-19-39)30-28-42-41-20-11-13-23-48(41)61-52(42)50/h1-33H. The Morgan fingerprint density at radius 1 is 0.344 bits per heavy atom. The molecule has 0 unspecified atom stereocenters. The Morgan fingerprint density at radius 2 is 0.918 bits per heavy atom. The van der Waals surface area contributed by atoms with Crippen molar-refractivity contribution in [2.24, 2.45) is 0 Å². The highest BCUT2D eigenvalue weighted by Gasteiger charge is 2.24. The van der Waals surface area contributed by atoms with E-state index < -0.39 is 0 Å². The van der Waals surface area contributed by atoms with Gasteiger partial charge in [-0.2, -0.15) is 0 Å². The molecule has 13 aromatic rings. The number of benzene rings is 9. The van der Waals surface area contributed by atoms with Gasteiger partial charge in [0.15, 0.2) is 17.5 Å². The first-order valence-corrected chi connectivity index (χ1v) is 20.5. The minimum Gasteiger partial charge on any atom is -0.455 e. The van der Waals surface area contributed by atoms with Crippen molar-refractivity contribution in [3.05, 3.63) is 200 Å². The van der Waals surface area contributed by atoms with E-state index in [9.17, 15) is 0 Å². The van der Waals surface area contributed by atoms with Crippen molar-refractivity contribution in [2.75, 3.05) is 0 Å². The Bertz CT molecular complexity index is 3810. The van der Waals surface area contributed by atoms with E-state index in [4.69, 9.17) is 19.4 Å². The van der Waals surface area contributed by atoms with E-state index >= 15 is 0 Å². The van der Waals surface area contributed by atoms with E-state index in [-0.39, 0.29) is 0 Å². The Labute approximate surface area is 349 Å². The average Bonchev–Trinajstić information content (AvgIpc) is 4.00. The van der Waals surface area contributed by atoms with E-state index in [2.05, 4.69) is 143 Å². The van der Waals surface area contributed by atoms with Crippen molar-refractivity contribution in [1.82, 2.24) is 24.1 Å². The van der Waals surface area contributed by atoms with Crippen molar-refractivity contribution < 1.29 is 4.42 Å². The second kappa shape index (κ2) is 13.1. The van der Waals surface area contributed by atoms with Crippen LogP contribution >= 0.6 is 0 Å². The first-order valence-electron chi connectivity index (χ1n) is 20.5. The maximum Gasteiger partial charge on any atom is 0.164 e. The summed E-state index contributed by atoms with van der Waals surface area (Å²) in [5, 5.41) is 9.16. The summed E-state index contributed by atoms with van der Waals surface area (Å²) >= 11 is 0. The van der Waals surface area contributed by atoms with E-state index in [1.54, 1.807) is 0 Å². The van der Waals surface area contributed by atoms with Gasteiger partial charge in [0, 0.05) is 55.0 Å². The van der Waals surface area contributed by atoms with Crippen molar-refractivity contribution in [2.45, 2.75) is 0 Å². The van der Waals surface area contributed by atoms with Gasteiger partial charge in [-0.25, -0.2) is 15.0 Å². The first-order chi connectivity index (χ1) is 30.2. The van der Waals surface area contributed by atoms with Crippen LogP contribution in [-0.4, -0.2) is 24.1 Å². The number of fused-ring (bicyclic) bond motifs is 12. The topological polar surface area (TPSA) is 61.7 Å². The molecule has 0 aliphatic carbocycles. The highest BCUT2D eigenvalue weighted by molar-refractivity contribution is 6.31. The largest absolute Gasteiger partial charge is 0.455 e. The van der Waals surface area contributed by atoms with Crippen LogP contribution in [0, 0.1) is 0 Å². The molecular formula is C55H33N5O. The Morgan fingerprint density at radius 3 is 1.66 bits per heavy atom. The van der Waals surface area contributed by atoms with Gasteiger partial charge >= 0.3 is 0 Å². The molecular weight excluding hydrogens is 747 g/mol. The molecule has 0 spiro atoms. The Hall–Kier alpha value is -8.35. The molecule has 0 atom stereocenters. The monoisotopic (exact) mass is 779 g/mol. The maximum absolute atomic E-state index is 6.70. The van der Waals surface area contributed by atoms with Gasteiger partial charge in [-0.1, -0.05) is 133 Å². The average molecular weight is 780 g/mol. The van der Waals surface area contributed by atoms with Crippen LogP contribution in [-0.2, 0) is 0 Å². The molecule has 4 heterocycles. The zero-order chi connectivity index (χ0) is 40.0. The molecule has 0 saturated carbocycles. The number of furan rings is 1. The van der Waals surface area contributed by atoms with Gasteiger partial charge < -0.3 is 13.6 Å². The normalized spacial score (nSPS) is 11.9. The lowest BCUT2D eigenvalue weighted by atomic mass is 10.0. The highest BCUT2D eigenvalue weighted by Crippen LogP contribution is 2.45.